The average Bonchev–Trinajstić information content (AvgIpc) is 3.19. The standard InChI is InChI=1S/C24H26O4/c1-3-4-6-10-17(2)11-9-14-19-20-15-23(25)27-22(20)16-21(19)28-24(26)18-12-7-5-8-13-18/h5,7-8,12-13,17,19-22H,3,10,14-16H2,1-2H3/t17-,19+,20?,21+,22-/m0/s1. The largest absolute Gasteiger partial charge is 0.462 e. The third kappa shape index (κ3) is 4.96. The van der Waals surface area contributed by atoms with Crippen LogP contribution in [0.4, 0.5) is 0 Å². The number of hydrogen-bond donors (Lipinski definition) is 0. The average molecular weight is 378 g/mol. The Morgan fingerprint density at radius 3 is 2.79 bits per heavy atom. The third-order valence-electron chi connectivity index (χ3n) is 5.32. The van der Waals surface area contributed by atoms with E-state index < -0.39 is 0 Å². The van der Waals surface area contributed by atoms with Crippen molar-refractivity contribution in [1.29, 1.82) is 0 Å². The van der Waals surface area contributed by atoms with E-state index in [0.29, 0.717) is 24.8 Å². The zero-order valence-electron chi connectivity index (χ0n) is 16.4. The van der Waals surface area contributed by atoms with Gasteiger partial charge < -0.3 is 9.47 Å². The molecule has 0 amide bonds. The summed E-state index contributed by atoms with van der Waals surface area (Å²) in [6.45, 7) is 4.09. The second-order valence-electron chi connectivity index (χ2n) is 7.44. The molecule has 2 fully saturated rings. The molecule has 1 aromatic rings. The Hall–Kier alpha value is -2.72. The van der Waals surface area contributed by atoms with Crippen molar-refractivity contribution in [3.63, 3.8) is 0 Å². The minimum atomic E-state index is -0.335. The van der Waals surface area contributed by atoms with Crippen LogP contribution >= 0.6 is 0 Å². The molecule has 0 aromatic heterocycles. The van der Waals surface area contributed by atoms with E-state index in [1.54, 1.807) is 12.1 Å². The highest BCUT2D eigenvalue weighted by molar-refractivity contribution is 5.89. The molecule has 0 radical (unpaired) electrons. The SMILES string of the molecule is CCC#CC[C@H](C)C#CC[C@@H]1C2CC(=O)O[C@H]2C[C@H]1OC(=O)c1ccccc1. The van der Waals surface area contributed by atoms with Crippen molar-refractivity contribution in [1.82, 2.24) is 0 Å². The van der Waals surface area contributed by atoms with Gasteiger partial charge in [-0.1, -0.05) is 38.0 Å². The van der Waals surface area contributed by atoms with Gasteiger partial charge in [0.05, 0.1) is 12.0 Å². The van der Waals surface area contributed by atoms with Crippen LogP contribution < -0.4 is 0 Å². The number of carbonyl (C=O) groups is 2. The fraction of sp³-hybridized carbons (Fsp3) is 0.500. The molecule has 0 bridgehead atoms. The second kappa shape index (κ2) is 9.47. The van der Waals surface area contributed by atoms with Crippen molar-refractivity contribution < 1.29 is 19.1 Å². The van der Waals surface area contributed by atoms with E-state index in [-0.39, 0.29) is 41.9 Å². The van der Waals surface area contributed by atoms with E-state index in [1.807, 2.05) is 25.1 Å². The second-order valence-corrected chi connectivity index (χ2v) is 7.44. The van der Waals surface area contributed by atoms with Gasteiger partial charge in [-0.25, -0.2) is 4.79 Å². The first kappa shape index (κ1) is 20.0. The van der Waals surface area contributed by atoms with E-state index in [0.717, 1.165) is 12.8 Å². The van der Waals surface area contributed by atoms with Gasteiger partial charge in [0.1, 0.15) is 12.2 Å². The van der Waals surface area contributed by atoms with Crippen LogP contribution in [0.15, 0.2) is 30.3 Å². The first-order valence-electron chi connectivity index (χ1n) is 9.98. The van der Waals surface area contributed by atoms with Crippen molar-refractivity contribution >= 4 is 11.9 Å². The van der Waals surface area contributed by atoms with Crippen molar-refractivity contribution in [2.24, 2.45) is 17.8 Å². The Kier molecular flexibility index (Phi) is 6.77. The van der Waals surface area contributed by atoms with Crippen LogP contribution in [0, 0.1) is 41.4 Å². The highest BCUT2D eigenvalue weighted by Gasteiger charge is 2.51. The number of ether oxygens (including phenoxy) is 2. The van der Waals surface area contributed by atoms with Gasteiger partial charge in [-0.3, -0.25) is 4.79 Å². The molecule has 1 saturated heterocycles. The quantitative estimate of drug-likeness (QED) is 0.587. The molecule has 28 heavy (non-hydrogen) atoms. The highest BCUT2D eigenvalue weighted by atomic mass is 16.6. The lowest BCUT2D eigenvalue weighted by Crippen LogP contribution is -2.25. The number of benzene rings is 1. The van der Waals surface area contributed by atoms with Crippen LogP contribution in [0.25, 0.3) is 0 Å². The Bertz CT molecular complexity index is 821. The molecule has 1 aliphatic heterocycles. The fourth-order valence-electron chi connectivity index (χ4n) is 3.91. The summed E-state index contributed by atoms with van der Waals surface area (Å²) >= 11 is 0. The molecule has 1 heterocycles. The van der Waals surface area contributed by atoms with Crippen molar-refractivity contribution in [3.8, 4) is 23.7 Å². The van der Waals surface area contributed by atoms with Gasteiger partial charge in [-0.15, -0.1) is 17.8 Å². The van der Waals surface area contributed by atoms with Gasteiger partial charge in [-0.05, 0) is 12.1 Å². The molecule has 0 spiro atoms. The predicted molar refractivity (Wildman–Crippen MR) is 106 cm³/mol. The summed E-state index contributed by atoms with van der Waals surface area (Å²) in [5, 5.41) is 0. The van der Waals surface area contributed by atoms with E-state index >= 15 is 0 Å². The number of fused-ring (bicyclic) bond motifs is 1. The topological polar surface area (TPSA) is 52.6 Å². The van der Waals surface area contributed by atoms with Crippen LogP contribution in [0.2, 0.25) is 0 Å². The zero-order valence-corrected chi connectivity index (χ0v) is 16.4. The van der Waals surface area contributed by atoms with Crippen LogP contribution in [0.5, 0.6) is 0 Å². The van der Waals surface area contributed by atoms with Crippen molar-refractivity contribution in [3.05, 3.63) is 35.9 Å². The first-order chi connectivity index (χ1) is 13.6. The Morgan fingerprint density at radius 1 is 1.25 bits per heavy atom. The van der Waals surface area contributed by atoms with E-state index in [2.05, 4.69) is 30.6 Å². The van der Waals surface area contributed by atoms with Gasteiger partial charge in [0.2, 0.25) is 0 Å². The lowest BCUT2D eigenvalue weighted by molar-refractivity contribution is -0.141. The molecule has 1 aliphatic carbocycles. The van der Waals surface area contributed by atoms with Gasteiger partial charge in [0, 0.05) is 43.4 Å². The molecule has 3 rings (SSSR count). The summed E-state index contributed by atoms with van der Waals surface area (Å²) in [6.07, 6.45) is 2.70. The van der Waals surface area contributed by atoms with Crippen LogP contribution in [0.1, 0.15) is 56.3 Å². The summed E-state index contributed by atoms with van der Waals surface area (Å²) < 4.78 is 11.2. The van der Waals surface area contributed by atoms with Crippen LogP contribution in [0.3, 0.4) is 0 Å². The molecule has 1 saturated carbocycles. The lowest BCUT2D eigenvalue weighted by atomic mass is 9.89. The summed E-state index contributed by atoms with van der Waals surface area (Å²) in [5.74, 6) is 12.5. The predicted octanol–water partition coefficient (Wildman–Crippen LogP) is 4.00. The minimum Gasteiger partial charge on any atom is -0.462 e. The fourth-order valence-corrected chi connectivity index (χ4v) is 3.91. The monoisotopic (exact) mass is 378 g/mol. The molecular formula is C24H26O4. The lowest BCUT2D eigenvalue weighted by Gasteiger charge is -2.21. The van der Waals surface area contributed by atoms with Gasteiger partial charge in [-0.2, -0.15) is 0 Å². The summed E-state index contributed by atoms with van der Waals surface area (Å²) in [6, 6.07) is 8.97. The maximum atomic E-state index is 12.5. The molecule has 1 aromatic carbocycles. The number of carbonyl (C=O) groups excluding carboxylic acids is 2. The molecular weight excluding hydrogens is 352 g/mol. The maximum Gasteiger partial charge on any atom is 0.338 e. The van der Waals surface area contributed by atoms with E-state index in [1.165, 1.54) is 0 Å². The van der Waals surface area contributed by atoms with Crippen LogP contribution in [-0.4, -0.2) is 24.1 Å². The van der Waals surface area contributed by atoms with E-state index in [4.69, 9.17) is 9.47 Å². The van der Waals surface area contributed by atoms with Crippen LogP contribution in [-0.2, 0) is 14.3 Å². The normalized spacial score (nSPS) is 26.1. The highest BCUT2D eigenvalue weighted by Crippen LogP contribution is 2.44. The van der Waals surface area contributed by atoms with E-state index in [9.17, 15) is 9.59 Å². The Labute approximate surface area is 167 Å². The molecule has 5 atom stereocenters. The third-order valence-corrected chi connectivity index (χ3v) is 5.32. The molecule has 0 N–H and O–H groups in total. The number of rotatable bonds is 4. The molecule has 2 aliphatic rings. The molecule has 4 heteroatoms. The van der Waals surface area contributed by atoms with Gasteiger partial charge in [0.15, 0.2) is 0 Å². The Morgan fingerprint density at radius 2 is 2.04 bits per heavy atom. The number of esters is 2. The zero-order chi connectivity index (χ0) is 19.9. The van der Waals surface area contributed by atoms with Gasteiger partial charge >= 0.3 is 11.9 Å². The Balaban J connectivity index is 1.66. The molecule has 4 nitrogen and oxygen atoms in total. The number of hydrogen-bond acceptors (Lipinski definition) is 4. The minimum absolute atomic E-state index is 0.0190. The van der Waals surface area contributed by atoms with Crippen molar-refractivity contribution in [2.75, 3.05) is 0 Å². The summed E-state index contributed by atoms with van der Waals surface area (Å²) in [4.78, 5) is 24.2. The summed E-state index contributed by atoms with van der Waals surface area (Å²) in [7, 11) is 0. The van der Waals surface area contributed by atoms with Gasteiger partial charge in [0.25, 0.3) is 0 Å². The first-order valence-corrected chi connectivity index (χ1v) is 9.98. The molecule has 1 unspecified atom stereocenters. The maximum absolute atomic E-state index is 12.5. The molecule has 146 valence electrons. The van der Waals surface area contributed by atoms with Crippen molar-refractivity contribution in [2.45, 2.75) is 58.2 Å². The summed E-state index contributed by atoms with van der Waals surface area (Å²) in [5.41, 5.74) is 0.532. The smallest absolute Gasteiger partial charge is 0.338 e.